The molecule has 0 spiro atoms. The van der Waals surface area contributed by atoms with E-state index >= 15 is 0 Å². The summed E-state index contributed by atoms with van der Waals surface area (Å²) in [7, 11) is 1.76. The first-order valence-electron chi connectivity index (χ1n) is 4.42. The molecule has 0 saturated carbocycles. The molecule has 0 aliphatic heterocycles. The molecular formula is C11H14N2. The second-order valence-electron chi connectivity index (χ2n) is 2.67. The Morgan fingerprint density at radius 1 is 1.31 bits per heavy atom. The van der Waals surface area contributed by atoms with Gasteiger partial charge in [-0.1, -0.05) is 25.1 Å². The van der Waals surface area contributed by atoms with Crippen LogP contribution in [-0.2, 0) is 0 Å². The summed E-state index contributed by atoms with van der Waals surface area (Å²) in [5, 5.41) is 0. The molecule has 0 unspecified atom stereocenters. The average Bonchev–Trinajstić information content (AvgIpc) is 2.17. The fourth-order valence-corrected chi connectivity index (χ4v) is 1.04. The van der Waals surface area contributed by atoms with Crippen LogP contribution in [0.1, 0.15) is 18.9 Å². The van der Waals surface area contributed by atoms with E-state index in [1.54, 1.807) is 7.05 Å². The molecule has 13 heavy (non-hydrogen) atoms. The molecule has 0 aromatic heterocycles. The SMILES string of the molecule is CCC=Nc1ccccc1C=NC. The normalized spacial score (nSPS) is 11.5. The van der Waals surface area contributed by atoms with Crippen molar-refractivity contribution in [3.63, 3.8) is 0 Å². The number of hydrogen-bond donors (Lipinski definition) is 0. The number of rotatable bonds is 3. The molecule has 0 aliphatic carbocycles. The lowest BCUT2D eigenvalue weighted by Gasteiger charge is -1.97. The number of hydrogen-bond acceptors (Lipinski definition) is 2. The molecule has 68 valence electrons. The maximum atomic E-state index is 4.33. The number of para-hydroxylation sites is 1. The third-order valence-electron chi connectivity index (χ3n) is 1.62. The van der Waals surface area contributed by atoms with Crippen molar-refractivity contribution >= 4 is 18.1 Å². The van der Waals surface area contributed by atoms with Gasteiger partial charge in [-0.3, -0.25) is 9.98 Å². The van der Waals surface area contributed by atoms with Crippen LogP contribution in [0.4, 0.5) is 5.69 Å². The van der Waals surface area contributed by atoms with Gasteiger partial charge in [-0.05, 0) is 12.5 Å². The first-order valence-corrected chi connectivity index (χ1v) is 4.42. The first kappa shape index (κ1) is 9.65. The summed E-state index contributed by atoms with van der Waals surface area (Å²) in [6.07, 6.45) is 4.68. The van der Waals surface area contributed by atoms with Gasteiger partial charge in [-0.25, -0.2) is 0 Å². The van der Waals surface area contributed by atoms with Gasteiger partial charge in [0.25, 0.3) is 0 Å². The number of benzene rings is 1. The van der Waals surface area contributed by atoms with Gasteiger partial charge in [0.05, 0.1) is 5.69 Å². The van der Waals surface area contributed by atoms with E-state index < -0.39 is 0 Å². The third kappa shape index (κ3) is 2.82. The summed E-state index contributed by atoms with van der Waals surface area (Å²) < 4.78 is 0. The fourth-order valence-electron chi connectivity index (χ4n) is 1.04. The largest absolute Gasteiger partial charge is 0.296 e. The highest BCUT2D eigenvalue weighted by molar-refractivity contribution is 5.87. The van der Waals surface area contributed by atoms with Crippen molar-refractivity contribution in [2.24, 2.45) is 9.98 Å². The van der Waals surface area contributed by atoms with E-state index in [-0.39, 0.29) is 0 Å². The molecule has 0 radical (unpaired) electrons. The van der Waals surface area contributed by atoms with E-state index in [0.29, 0.717) is 0 Å². The Labute approximate surface area is 79.0 Å². The van der Waals surface area contributed by atoms with Gasteiger partial charge < -0.3 is 0 Å². The minimum atomic E-state index is 0.956. The second kappa shape index (κ2) is 5.25. The van der Waals surface area contributed by atoms with E-state index in [4.69, 9.17) is 0 Å². The molecule has 2 nitrogen and oxygen atoms in total. The first-order chi connectivity index (χ1) is 6.38. The minimum Gasteiger partial charge on any atom is -0.296 e. The van der Waals surface area contributed by atoms with Gasteiger partial charge in [0, 0.05) is 25.0 Å². The zero-order valence-electron chi connectivity index (χ0n) is 8.07. The maximum Gasteiger partial charge on any atom is 0.0713 e. The van der Waals surface area contributed by atoms with Crippen molar-refractivity contribution in [1.82, 2.24) is 0 Å². The van der Waals surface area contributed by atoms with E-state index in [1.807, 2.05) is 36.7 Å². The quantitative estimate of drug-likeness (QED) is 0.629. The van der Waals surface area contributed by atoms with Crippen molar-refractivity contribution in [2.75, 3.05) is 7.05 Å². The van der Waals surface area contributed by atoms with Crippen molar-refractivity contribution in [2.45, 2.75) is 13.3 Å². The monoisotopic (exact) mass is 174 g/mol. The lowest BCUT2D eigenvalue weighted by molar-refractivity contribution is 1.31. The molecule has 0 saturated heterocycles. The number of aliphatic imine (C=N–C) groups is 2. The van der Waals surface area contributed by atoms with Gasteiger partial charge in [0.15, 0.2) is 0 Å². The van der Waals surface area contributed by atoms with Crippen LogP contribution in [0.5, 0.6) is 0 Å². The Hall–Kier alpha value is -1.44. The zero-order valence-corrected chi connectivity index (χ0v) is 8.07. The predicted octanol–water partition coefficient (Wildman–Crippen LogP) is 2.85. The molecule has 1 rings (SSSR count). The lowest BCUT2D eigenvalue weighted by atomic mass is 10.2. The molecule has 0 fully saturated rings. The van der Waals surface area contributed by atoms with E-state index in [1.165, 1.54) is 0 Å². The highest BCUT2D eigenvalue weighted by Gasteiger charge is 1.93. The Kier molecular flexibility index (Phi) is 3.89. The van der Waals surface area contributed by atoms with Crippen LogP contribution in [-0.4, -0.2) is 19.5 Å². The maximum absolute atomic E-state index is 4.33. The highest BCUT2D eigenvalue weighted by Crippen LogP contribution is 2.15. The standard InChI is InChI=1S/C11H14N2/c1-3-8-13-11-7-5-4-6-10(11)9-12-2/h4-9H,3H2,1-2H3. The minimum absolute atomic E-state index is 0.956. The highest BCUT2D eigenvalue weighted by atomic mass is 14.7. The van der Waals surface area contributed by atoms with Crippen molar-refractivity contribution in [3.8, 4) is 0 Å². The molecule has 1 aromatic carbocycles. The zero-order chi connectivity index (χ0) is 9.52. The summed E-state index contributed by atoms with van der Waals surface area (Å²) in [6, 6.07) is 7.97. The van der Waals surface area contributed by atoms with Gasteiger partial charge in [-0.15, -0.1) is 0 Å². The predicted molar refractivity (Wildman–Crippen MR) is 58.4 cm³/mol. The molecule has 0 aliphatic rings. The van der Waals surface area contributed by atoms with Crippen LogP contribution in [0.2, 0.25) is 0 Å². The van der Waals surface area contributed by atoms with Gasteiger partial charge >= 0.3 is 0 Å². The lowest BCUT2D eigenvalue weighted by Crippen LogP contribution is -1.81. The van der Waals surface area contributed by atoms with Crippen LogP contribution in [0, 0.1) is 0 Å². The molecule has 0 N–H and O–H groups in total. The van der Waals surface area contributed by atoms with Crippen molar-refractivity contribution < 1.29 is 0 Å². The summed E-state index contributed by atoms with van der Waals surface area (Å²) >= 11 is 0. The molecule has 1 aromatic rings. The average molecular weight is 174 g/mol. The fraction of sp³-hybridized carbons (Fsp3) is 0.273. The Balaban J connectivity index is 2.97. The Bertz CT molecular complexity index is 314. The number of nitrogens with zero attached hydrogens (tertiary/aromatic N) is 2. The van der Waals surface area contributed by atoms with Crippen LogP contribution in [0.3, 0.4) is 0 Å². The third-order valence-corrected chi connectivity index (χ3v) is 1.62. The summed E-state index contributed by atoms with van der Waals surface area (Å²) in [4.78, 5) is 8.30. The molecule has 0 bridgehead atoms. The van der Waals surface area contributed by atoms with Crippen molar-refractivity contribution in [1.29, 1.82) is 0 Å². The van der Waals surface area contributed by atoms with Crippen LogP contribution in [0.25, 0.3) is 0 Å². The van der Waals surface area contributed by atoms with Crippen molar-refractivity contribution in [3.05, 3.63) is 29.8 Å². The molecule has 0 heterocycles. The van der Waals surface area contributed by atoms with Gasteiger partial charge in [0.2, 0.25) is 0 Å². The van der Waals surface area contributed by atoms with Crippen LogP contribution in [0.15, 0.2) is 34.3 Å². The summed E-state index contributed by atoms with van der Waals surface area (Å²) in [5.41, 5.74) is 2.05. The second-order valence-corrected chi connectivity index (χ2v) is 2.67. The van der Waals surface area contributed by atoms with Gasteiger partial charge in [0.1, 0.15) is 0 Å². The summed E-state index contributed by atoms with van der Waals surface area (Å²) in [6.45, 7) is 2.07. The van der Waals surface area contributed by atoms with Crippen LogP contribution < -0.4 is 0 Å². The van der Waals surface area contributed by atoms with Gasteiger partial charge in [-0.2, -0.15) is 0 Å². The molecule has 2 heteroatoms. The molecule has 0 amide bonds. The Morgan fingerprint density at radius 2 is 2.08 bits per heavy atom. The summed E-state index contributed by atoms with van der Waals surface area (Å²) in [5.74, 6) is 0. The van der Waals surface area contributed by atoms with E-state index in [9.17, 15) is 0 Å². The topological polar surface area (TPSA) is 24.7 Å². The smallest absolute Gasteiger partial charge is 0.0713 e. The van der Waals surface area contributed by atoms with E-state index in [0.717, 1.165) is 17.7 Å². The van der Waals surface area contributed by atoms with Crippen LogP contribution >= 0.6 is 0 Å². The Morgan fingerprint density at radius 3 is 2.77 bits per heavy atom. The molecular weight excluding hydrogens is 160 g/mol. The molecule has 0 atom stereocenters. The van der Waals surface area contributed by atoms with E-state index in [2.05, 4.69) is 16.9 Å².